The smallest absolute Gasteiger partial charge is 0.242 e. The van der Waals surface area contributed by atoms with Crippen molar-refractivity contribution >= 4 is 51.7 Å². The molecular weight excluding hydrogens is 323 g/mol. The minimum absolute atomic E-state index is 0.0136. The van der Waals surface area contributed by atoms with Crippen molar-refractivity contribution in [3.05, 3.63) is 0 Å². The van der Waals surface area contributed by atoms with Gasteiger partial charge in [-0.25, -0.2) is 0 Å². The van der Waals surface area contributed by atoms with Gasteiger partial charge in [0.1, 0.15) is 11.8 Å². The number of ketones is 1. The van der Waals surface area contributed by atoms with Gasteiger partial charge in [-0.2, -0.15) is 0 Å². The van der Waals surface area contributed by atoms with E-state index in [9.17, 15) is 24.0 Å². The predicted molar refractivity (Wildman–Crippen MR) is 101 cm³/mol. The van der Waals surface area contributed by atoms with Gasteiger partial charge in [-0.3, -0.25) is 14.4 Å². The van der Waals surface area contributed by atoms with E-state index in [4.69, 9.17) is 0 Å². The third kappa shape index (κ3) is 10.5. The number of hydrogen-bond donors (Lipinski definition) is 3. The predicted octanol–water partition coefficient (Wildman–Crippen LogP) is -4.00. The van der Waals surface area contributed by atoms with Crippen LogP contribution in [0, 0.1) is 0 Å². The average molecular weight is 349 g/mol. The van der Waals surface area contributed by atoms with Crippen molar-refractivity contribution in [2.45, 2.75) is 44.7 Å². The molecule has 2 amide bonds. The first-order chi connectivity index (χ1) is 11.7. The Morgan fingerprint density at radius 3 is 2.08 bits per heavy atom. The number of likely N-dealkylation sites (N-methyl/N-ethyl adjacent to an activating group) is 1. The summed E-state index contributed by atoms with van der Waals surface area (Å²) in [5.74, 6) is -1.14. The van der Waals surface area contributed by atoms with Gasteiger partial charge in [-0.15, -0.1) is 0 Å². The molecule has 11 heteroatoms. The molecule has 0 spiro atoms. The van der Waals surface area contributed by atoms with Crippen LogP contribution in [0.25, 0.3) is 0 Å². The van der Waals surface area contributed by atoms with Crippen LogP contribution in [0.5, 0.6) is 0 Å². The van der Waals surface area contributed by atoms with Gasteiger partial charge < -0.3 is 25.5 Å². The highest BCUT2D eigenvalue weighted by molar-refractivity contribution is 7.08. The van der Waals surface area contributed by atoms with Crippen molar-refractivity contribution in [2.24, 2.45) is 0 Å². The summed E-state index contributed by atoms with van der Waals surface area (Å²) >= 11 is 0. The summed E-state index contributed by atoms with van der Waals surface area (Å²) in [4.78, 5) is 58.1. The first-order valence-corrected chi connectivity index (χ1v) is 8.47. The maximum Gasteiger partial charge on any atom is 0.242 e. The molecule has 0 saturated carbocycles. The number of carbonyl (C=O) groups is 5. The Morgan fingerprint density at radius 1 is 1.00 bits per heavy atom. The quantitative estimate of drug-likeness (QED) is 0.292. The highest BCUT2D eigenvalue weighted by Gasteiger charge is 2.25. The summed E-state index contributed by atoms with van der Waals surface area (Å²) in [6.07, 6.45) is 0.875. The number of hydrogen-bond acceptors (Lipinski definition) is 6. The average Bonchev–Trinajstić information content (AvgIpc) is 2.56. The molecule has 25 heavy (non-hydrogen) atoms. The van der Waals surface area contributed by atoms with Gasteiger partial charge in [0.15, 0.2) is 15.0 Å². The number of amides is 2. The lowest BCUT2D eigenvalue weighted by Gasteiger charge is -2.22. The molecule has 0 aromatic heterocycles. The molecule has 2 unspecified atom stereocenters. The van der Waals surface area contributed by atoms with E-state index in [-0.39, 0.29) is 43.0 Å². The minimum atomic E-state index is -0.907. The molecule has 0 bridgehead atoms. The van der Waals surface area contributed by atoms with Crippen LogP contribution in [-0.4, -0.2) is 77.4 Å². The molecule has 136 valence electrons. The van der Waals surface area contributed by atoms with Crippen LogP contribution in [0.4, 0.5) is 0 Å². The van der Waals surface area contributed by atoms with Crippen molar-refractivity contribution in [2.75, 3.05) is 13.6 Å². The Morgan fingerprint density at radius 2 is 1.60 bits per heavy atom. The zero-order valence-corrected chi connectivity index (χ0v) is 15.4. The second kappa shape index (κ2) is 12.5. The molecule has 0 aromatic carbocycles. The second-order valence-corrected chi connectivity index (χ2v) is 5.99. The monoisotopic (exact) mass is 349 g/mol. The van der Waals surface area contributed by atoms with Crippen LogP contribution >= 0.6 is 0 Å². The lowest BCUT2D eigenvalue weighted by molar-refractivity contribution is -0.131. The molecule has 2 atom stereocenters. The fourth-order valence-electron chi connectivity index (χ4n) is 2.11. The van der Waals surface area contributed by atoms with Crippen LogP contribution in [0.3, 0.4) is 0 Å². The van der Waals surface area contributed by atoms with Crippen LogP contribution in [0.2, 0.25) is 0 Å². The van der Waals surface area contributed by atoms with Gasteiger partial charge in [-0.1, -0.05) is 0 Å². The van der Waals surface area contributed by atoms with Crippen molar-refractivity contribution in [1.82, 2.24) is 16.0 Å². The summed E-state index contributed by atoms with van der Waals surface area (Å²) in [7, 11) is 5.12. The lowest BCUT2D eigenvalue weighted by atomic mass is 9.52. The molecule has 0 rings (SSSR count). The molecular formula is C14H26B3N3O5. The Hall–Kier alpha value is -1.90. The van der Waals surface area contributed by atoms with Gasteiger partial charge in [0.25, 0.3) is 0 Å². The molecule has 0 aliphatic carbocycles. The number of nitrogens with one attached hydrogen (secondary N) is 3. The maximum atomic E-state index is 12.3. The van der Waals surface area contributed by atoms with Crippen LogP contribution < -0.4 is 16.0 Å². The first-order valence-electron chi connectivity index (χ1n) is 8.47. The number of Topliss-reactive ketones (excluding diaryl/α,β-unsaturated/α-hetero) is 1. The molecule has 0 aliphatic rings. The summed E-state index contributed by atoms with van der Waals surface area (Å²) in [5, 5.41) is 7.86. The minimum Gasteiger partial charge on any atom is -0.347 e. The van der Waals surface area contributed by atoms with Gasteiger partial charge in [-0.05, 0) is 39.7 Å². The Labute approximate surface area is 150 Å². The second-order valence-electron chi connectivity index (χ2n) is 5.99. The fourth-order valence-corrected chi connectivity index (χ4v) is 2.11. The number of carbonyl (C=O) groups excluding carboxylic acids is 5. The molecule has 0 fully saturated rings. The Balaban J connectivity index is 4.89. The standard InChI is InChI=1S/C14H26B3N3O5/c1-8(21)7-19-13(24)10(4-6-12(23)17-16)20-14(25)9(18-2)3-5-11(15)22/h9-10,17-18H,3-7,15-16H2,1-2H3,(H,19,24)(H,20,25). The van der Waals surface area contributed by atoms with E-state index in [1.54, 1.807) is 14.8 Å². The van der Waals surface area contributed by atoms with E-state index in [0.717, 1.165) is 0 Å². The highest BCUT2D eigenvalue weighted by Crippen LogP contribution is 2.03. The Kier molecular flexibility index (Phi) is 11.5. The van der Waals surface area contributed by atoms with E-state index in [2.05, 4.69) is 16.0 Å². The third-order valence-corrected chi connectivity index (χ3v) is 3.70. The summed E-state index contributed by atoms with van der Waals surface area (Å²) in [6, 6.07) is -1.52. The highest BCUT2D eigenvalue weighted by atomic mass is 16.2. The summed E-state index contributed by atoms with van der Waals surface area (Å²) in [6.45, 7) is 1.21. The van der Waals surface area contributed by atoms with Crippen LogP contribution in [0.1, 0.15) is 32.6 Å². The third-order valence-electron chi connectivity index (χ3n) is 3.70. The molecule has 0 radical (unpaired) electrons. The lowest BCUT2D eigenvalue weighted by Crippen LogP contribution is -2.53. The van der Waals surface area contributed by atoms with E-state index in [0.29, 0.717) is 13.6 Å². The number of rotatable bonds is 13. The topological polar surface area (TPSA) is 121 Å². The molecule has 0 heterocycles. The van der Waals surface area contributed by atoms with Gasteiger partial charge in [0.05, 0.1) is 31.7 Å². The fraction of sp³-hybridized carbons (Fsp3) is 0.643. The first kappa shape index (κ1) is 23.1. The zero-order valence-electron chi connectivity index (χ0n) is 15.4. The maximum absolute atomic E-state index is 12.3. The van der Waals surface area contributed by atoms with Crippen molar-refractivity contribution in [3.8, 4) is 0 Å². The van der Waals surface area contributed by atoms with Crippen molar-refractivity contribution in [1.29, 1.82) is 0 Å². The SMILES string of the molecule is BBC(=O)CCC(NC(=O)C(CCC(B)=O)NC)C(=O)NCC(C)=O. The van der Waals surface area contributed by atoms with E-state index in [1.807, 2.05) is 0 Å². The van der Waals surface area contributed by atoms with E-state index < -0.39 is 23.9 Å². The summed E-state index contributed by atoms with van der Waals surface area (Å²) < 4.78 is 0. The van der Waals surface area contributed by atoms with Crippen molar-refractivity contribution < 1.29 is 24.0 Å². The van der Waals surface area contributed by atoms with Crippen LogP contribution in [-0.2, 0) is 24.0 Å². The molecule has 0 aromatic rings. The van der Waals surface area contributed by atoms with Crippen LogP contribution in [0.15, 0.2) is 0 Å². The van der Waals surface area contributed by atoms with Crippen molar-refractivity contribution in [3.63, 3.8) is 0 Å². The molecule has 0 saturated heterocycles. The van der Waals surface area contributed by atoms with E-state index in [1.165, 1.54) is 14.8 Å². The normalized spacial score (nSPS) is 12.6. The molecule has 3 N–H and O–H groups in total. The van der Waals surface area contributed by atoms with Gasteiger partial charge >= 0.3 is 0 Å². The van der Waals surface area contributed by atoms with Gasteiger partial charge in [0, 0.05) is 0 Å². The Bertz CT molecular complexity index is 516. The largest absolute Gasteiger partial charge is 0.347 e. The van der Waals surface area contributed by atoms with E-state index >= 15 is 0 Å². The van der Waals surface area contributed by atoms with Gasteiger partial charge in [0.2, 0.25) is 11.8 Å². The molecule has 0 aliphatic heterocycles. The zero-order chi connectivity index (χ0) is 19.4. The summed E-state index contributed by atoms with van der Waals surface area (Å²) in [5.41, 5.74) is -0.0438. The molecule has 8 nitrogen and oxygen atoms in total.